The molecule has 0 N–H and O–H groups in total. The number of nitrogens with zero attached hydrogens (tertiary/aromatic N) is 2. The van der Waals surface area contributed by atoms with Crippen LogP contribution in [0.25, 0.3) is 5.57 Å². The molecule has 0 saturated heterocycles. The van der Waals surface area contributed by atoms with Crippen LogP contribution in [0.3, 0.4) is 0 Å². The lowest BCUT2D eigenvalue weighted by atomic mass is 10.1. The van der Waals surface area contributed by atoms with E-state index in [0.29, 0.717) is 0 Å². The van der Waals surface area contributed by atoms with Crippen molar-refractivity contribution >= 4 is 16.9 Å². The summed E-state index contributed by atoms with van der Waals surface area (Å²) in [6, 6.07) is 6.09. The lowest BCUT2D eigenvalue weighted by Crippen LogP contribution is -1.80. The highest BCUT2D eigenvalue weighted by molar-refractivity contribution is 7.13. The van der Waals surface area contributed by atoms with Gasteiger partial charge >= 0.3 is 0 Å². The minimum atomic E-state index is 0.283. The predicted molar refractivity (Wildman–Crippen MR) is 55.5 cm³/mol. The largest absolute Gasteiger partial charge is 0.192 e. The maximum Gasteiger partial charge on any atom is 0.134 e. The van der Waals surface area contributed by atoms with Crippen molar-refractivity contribution < 1.29 is 0 Å². The van der Waals surface area contributed by atoms with Gasteiger partial charge < -0.3 is 0 Å². The lowest BCUT2D eigenvalue weighted by molar-refractivity contribution is 1.08. The number of thiophene rings is 1. The summed E-state index contributed by atoms with van der Waals surface area (Å²) in [7, 11) is 0. The molecule has 14 heavy (non-hydrogen) atoms. The van der Waals surface area contributed by atoms with Crippen LogP contribution in [0.1, 0.15) is 21.7 Å². The number of fused-ring (bicyclic) bond motifs is 1. The van der Waals surface area contributed by atoms with Crippen molar-refractivity contribution in [2.75, 3.05) is 0 Å². The van der Waals surface area contributed by atoms with Crippen molar-refractivity contribution in [3.05, 3.63) is 27.0 Å². The average Bonchev–Trinajstić information content (AvgIpc) is 2.68. The highest BCUT2D eigenvalue weighted by atomic mass is 32.1. The summed E-state index contributed by atoms with van der Waals surface area (Å²) in [4.78, 5) is 2.41. The van der Waals surface area contributed by atoms with Crippen LogP contribution in [0.2, 0.25) is 0 Å². The monoisotopic (exact) mass is 200 g/mol. The molecule has 1 aromatic heterocycles. The van der Waals surface area contributed by atoms with Gasteiger partial charge in [0.25, 0.3) is 0 Å². The first-order valence-corrected chi connectivity index (χ1v) is 5.21. The van der Waals surface area contributed by atoms with Crippen molar-refractivity contribution in [1.82, 2.24) is 0 Å². The van der Waals surface area contributed by atoms with E-state index in [1.807, 2.05) is 12.1 Å². The molecule has 68 valence electrons. The van der Waals surface area contributed by atoms with E-state index in [1.54, 1.807) is 11.3 Å². The van der Waals surface area contributed by atoms with Crippen LogP contribution in [0, 0.1) is 29.6 Å². The maximum absolute atomic E-state index is 8.79. The van der Waals surface area contributed by atoms with E-state index in [0.717, 1.165) is 23.3 Å². The molecule has 1 aliphatic rings. The molecule has 0 amide bonds. The summed E-state index contributed by atoms with van der Waals surface area (Å²) in [6.45, 7) is 2.05. The Labute approximate surface area is 86.7 Å². The standard InChI is InChI=1S/C11H8N2S/c1-7-4-8-2-3-10(11(8)14-7)9(5-12)6-13/h4H,2-3H2,1H3. The van der Waals surface area contributed by atoms with E-state index in [4.69, 9.17) is 10.5 Å². The second kappa shape index (κ2) is 3.29. The molecule has 0 aliphatic heterocycles. The minimum Gasteiger partial charge on any atom is -0.192 e. The molecule has 0 saturated carbocycles. The van der Waals surface area contributed by atoms with Crippen LogP contribution in [-0.2, 0) is 6.42 Å². The molecule has 0 radical (unpaired) electrons. The van der Waals surface area contributed by atoms with Gasteiger partial charge in [-0.05, 0) is 37.0 Å². The summed E-state index contributed by atoms with van der Waals surface area (Å²) >= 11 is 1.68. The Kier molecular flexibility index (Phi) is 2.11. The zero-order chi connectivity index (χ0) is 10.1. The molecule has 2 nitrogen and oxygen atoms in total. The summed E-state index contributed by atoms with van der Waals surface area (Å²) in [5.74, 6) is 0. The van der Waals surface area contributed by atoms with Crippen LogP contribution >= 0.6 is 11.3 Å². The van der Waals surface area contributed by atoms with Gasteiger partial charge in [0, 0.05) is 9.75 Å². The summed E-state index contributed by atoms with van der Waals surface area (Å²) in [5.41, 5.74) is 2.53. The molecule has 3 heteroatoms. The SMILES string of the molecule is Cc1cc2c(s1)C(=C(C#N)C#N)CC2. The van der Waals surface area contributed by atoms with Gasteiger partial charge in [0.15, 0.2) is 0 Å². The quantitative estimate of drug-likeness (QED) is 0.604. The van der Waals surface area contributed by atoms with Crippen LogP contribution in [0.15, 0.2) is 11.6 Å². The molecule has 0 aromatic carbocycles. The van der Waals surface area contributed by atoms with Crippen molar-refractivity contribution in [3.63, 3.8) is 0 Å². The van der Waals surface area contributed by atoms with E-state index in [1.165, 1.54) is 10.4 Å². The normalized spacial score (nSPS) is 13.2. The highest BCUT2D eigenvalue weighted by Gasteiger charge is 2.22. The fourth-order valence-electron chi connectivity index (χ4n) is 1.78. The minimum absolute atomic E-state index is 0.283. The van der Waals surface area contributed by atoms with Gasteiger partial charge in [0.2, 0.25) is 0 Å². The van der Waals surface area contributed by atoms with Crippen molar-refractivity contribution in [2.24, 2.45) is 0 Å². The fourth-order valence-corrected chi connectivity index (χ4v) is 2.92. The molecule has 2 rings (SSSR count). The van der Waals surface area contributed by atoms with Crippen molar-refractivity contribution in [3.8, 4) is 12.1 Å². The molecular weight excluding hydrogens is 192 g/mol. The topological polar surface area (TPSA) is 47.6 Å². The molecule has 1 aliphatic carbocycles. The number of nitriles is 2. The molecular formula is C11H8N2S. The predicted octanol–water partition coefficient (Wildman–Crippen LogP) is 2.80. The fraction of sp³-hybridized carbons (Fsp3) is 0.273. The third-order valence-electron chi connectivity index (χ3n) is 2.38. The van der Waals surface area contributed by atoms with Gasteiger partial charge in [-0.25, -0.2) is 0 Å². The number of hydrogen-bond donors (Lipinski definition) is 0. The van der Waals surface area contributed by atoms with Gasteiger partial charge in [-0.2, -0.15) is 10.5 Å². The molecule has 0 fully saturated rings. The first kappa shape index (κ1) is 8.99. The van der Waals surface area contributed by atoms with Crippen molar-refractivity contribution in [2.45, 2.75) is 19.8 Å². The van der Waals surface area contributed by atoms with E-state index in [-0.39, 0.29) is 5.57 Å². The van der Waals surface area contributed by atoms with Crippen molar-refractivity contribution in [1.29, 1.82) is 10.5 Å². The summed E-state index contributed by atoms with van der Waals surface area (Å²) < 4.78 is 0. The Hall–Kier alpha value is -1.58. The first-order chi connectivity index (χ1) is 6.76. The molecule has 0 atom stereocenters. The Morgan fingerprint density at radius 3 is 2.71 bits per heavy atom. The van der Waals surface area contributed by atoms with E-state index >= 15 is 0 Å². The summed E-state index contributed by atoms with van der Waals surface area (Å²) in [6.07, 6.45) is 1.82. The highest BCUT2D eigenvalue weighted by Crippen LogP contribution is 2.39. The third kappa shape index (κ3) is 1.23. The molecule has 0 spiro atoms. The van der Waals surface area contributed by atoms with E-state index in [9.17, 15) is 0 Å². The number of aryl methyl sites for hydroxylation is 2. The van der Waals surface area contributed by atoms with Crippen LogP contribution in [0.4, 0.5) is 0 Å². The van der Waals surface area contributed by atoms with Gasteiger partial charge in [-0.15, -0.1) is 11.3 Å². The Morgan fingerprint density at radius 1 is 1.36 bits per heavy atom. The number of hydrogen-bond acceptors (Lipinski definition) is 3. The van der Waals surface area contributed by atoms with Gasteiger partial charge in [0.1, 0.15) is 17.7 Å². The van der Waals surface area contributed by atoms with Crippen LogP contribution in [-0.4, -0.2) is 0 Å². The maximum atomic E-state index is 8.79. The van der Waals surface area contributed by atoms with Gasteiger partial charge in [-0.3, -0.25) is 0 Å². The Balaban J connectivity index is 2.60. The zero-order valence-corrected chi connectivity index (χ0v) is 8.61. The zero-order valence-electron chi connectivity index (χ0n) is 7.79. The van der Waals surface area contributed by atoms with Crippen LogP contribution < -0.4 is 0 Å². The van der Waals surface area contributed by atoms with E-state index < -0.39 is 0 Å². The van der Waals surface area contributed by atoms with E-state index in [2.05, 4.69) is 13.0 Å². The Morgan fingerprint density at radius 2 is 2.07 bits per heavy atom. The lowest BCUT2D eigenvalue weighted by Gasteiger charge is -1.94. The molecule has 1 aromatic rings. The smallest absolute Gasteiger partial charge is 0.134 e. The third-order valence-corrected chi connectivity index (χ3v) is 3.53. The molecule has 1 heterocycles. The molecule has 0 bridgehead atoms. The second-order valence-corrected chi connectivity index (χ2v) is 4.54. The first-order valence-electron chi connectivity index (χ1n) is 4.39. The average molecular weight is 200 g/mol. The van der Waals surface area contributed by atoms with Gasteiger partial charge in [-0.1, -0.05) is 0 Å². The number of rotatable bonds is 0. The number of allylic oxidation sites excluding steroid dienone is 2. The van der Waals surface area contributed by atoms with Crippen LogP contribution in [0.5, 0.6) is 0 Å². The summed E-state index contributed by atoms with van der Waals surface area (Å²) in [5, 5.41) is 17.6. The Bertz CT molecular complexity index is 478. The second-order valence-electron chi connectivity index (χ2n) is 3.29. The molecule has 0 unspecified atom stereocenters. The van der Waals surface area contributed by atoms with Gasteiger partial charge in [0.05, 0.1) is 0 Å².